The fourth-order valence-electron chi connectivity index (χ4n) is 2.75. The maximum atomic E-state index is 12.8. The summed E-state index contributed by atoms with van der Waals surface area (Å²) in [5, 5.41) is 0. The van der Waals surface area contributed by atoms with Crippen molar-refractivity contribution in [3.8, 4) is 5.75 Å². The lowest BCUT2D eigenvalue weighted by atomic mass is 10.1. The minimum absolute atomic E-state index is 0.0223. The van der Waals surface area contributed by atoms with Crippen molar-refractivity contribution in [2.75, 3.05) is 6.61 Å². The molecule has 3 rings (SSSR count). The van der Waals surface area contributed by atoms with Crippen LogP contribution < -0.4 is 10.3 Å². The average molecular weight is 328 g/mol. The number of rotatable bonds is 5. The van der Waals surface area contributed by atoms with Crippen LogP contribution in [-0.4, -0.2) is 22.1 Å². The Morgan fingerprint density at radius 2 is 2.04 bits per heavy atom. The molecule has 0 saturated heterocycles. The van der Waals surface area contributed by atoms with E-state index in [-0.39, 0.29) is 30.2 Å². The fourth-order valence-corrected chi connectivity index (χ4v) is 2.75. The van der Waals surface area contributed by atoms with Crippen LogP contribution in [0, 0.1) is 0 Å². The molecule has 24 heavy (non-hydrogen) atoms. The molecule has 2 aromatic rings. The number of carbonyl (C=O) groups excluding carboxylic acids is 1. The quantitative estimate of drug-likeness (QED) is 0.788. The molecule has 0 N–H and O–H groups in total. The van der Waals surface area contributed by atoms with E-state index in [9.17, 15) is 9.59 Å². The van der Waals surface area contributed by atoms with Gasteiger partial charge in [0.15, 0.2) is 5.69 Å². The molecule has 0 bridgehead atoms. The van der Waals surface area contributed by atoms with Gasteiger partial charge in [-0.1, -0.05) is 30.3 Å². The third-order valence-electron chi connectivity index (χ3n) is 3.93. The highest BCUT2D eigenvalue weighted by Gasteiger charge is 2.25. The molecular weight excluding hydrogens is 308 g/mol. The molecular formula is C18H20N2O4. The third-order valence-corrected chi connectivity index (χ3v) is 3.93. The van der Waals surface area contributed by atoms with E-state index in [1.165, 1.54) is 0 Å². The van der Waals surface area contributed by atoms with Crippen molar-refractivity contribution in [1.82, 2.24) is 9.55 Å². The number of hydrogen-bond donors (Lipinski definition) is 0. The normalized spacial score (nSPS) is 13.2. The first-order valence-electron chi connectivity index (χ1n) is 8.18. The maximum Gasteiger partial charge on any atom is 0.361 e. The van der Waals surface area contributed by atoms with Crippen molar-refractivity contribution in [3.05, 3.63) is 57.8 Å². The zero-order valence-electron chi connectivity index (χ0n) is 13.7. The standard InChI is InChI=1S/C18H20N2O4/c1-2-23-18(22)15-16(24-12-13-8-4-3-5-9-13)17(21)20-11-7-6-10-14(20)19-15/h3-5,8-9H,2,6-7,10-12H2,1H3. The van der Waals surface area contributed by atoms with Gasteiger partial charge in [-0.25, -0.2) is 9.78 Å². The lowest BCUT2D eigenvalue weighted by molar-refractivity contribution is 0.0511. The number of carbonyl (C=O) groups is 1. The molecule has 126 valence electrons. The van der Waals surface area contributed by atoms with Crippen LogP contribution in [0.5, 0.6) is 5.75 Å². The Labute approximate surface area is 140 Å². The Balaban J connectivity index is 1.98. The van der Waals surface area contributed by atoms with Crippen molar-refractivity contribution in [1.29, 1.82) is 0 Å². The second kappa shape index (κ2) is 7.29. The molecule has 0 aliphatic carbocycles. The number of ether oxygens (including phenoxy) is 2. The van der Waals surface area contributed by atoms with Crippen molar-refractivity contribution in [2.45, 2.75) is 39.3 Å². The van der Waals surface area contributed by atoms with Gasteiger partial charge in [0.25, 0.3) is 5.56 Å². The zero-order valence-corrected chi connectivity index (χ0v) is 13.7. The molecule has 2 heterocycles. The molecule has 0 unspecified atom stereocenters. The largest absolute Gasteiger partial charge is 0.481 e. The van der Waals surface area contributed by atoms with E-state index in [1.54, 1.807) is 11.5 Å². The molecule has 1 aliphatic rings. The van der Waals surface area contributed by atoms with Gasteiger partial charge >= 0.3 is 5.97 Å². The van der Waals surface area contributed by atoms with Gasteiger partial charge in [-0.05, 0) is 25.3 Å². The highest BCUT2D eigenvalue weighted by molar-refractivity contribution is 5.90. The lowest BCUT2D eigenvalue weighted by Crippen LogP contribution is -2.32. The summed E-state index contributed by atoms with van der Waals surface area (Å²) in [4.78, 5) is 29.3. The first kappa shape index (κ1) is 16.2. The summed E-state index contributed by atoms with van der Waals surface area (Å²) in [6.07, 6.45) is 2.56. The van der Waals surface area contributed by atoms with Crippen LogP contribution in [0.4, 0.5) is 0 Å². The van der Waals surface area contributed by atoms with Crippen molar-refractivity contribution < 1.29 is 14.3 Å². The fraction of sp³-hybridized carbons (Fsp3) is 0.389. The number of nitrogens with zero attached hydrogens (tertiary/aromatic N) is 2. The van der Waals surface area contributed by atoms with Gasteiger partial charge < -0.3 is 9.47 Å². The van der Waals surface area contributed by atoms with E-state index in [0.29, 0.717) is 18.8 Å². The van der Waals surface area contributed by atoms with Gasteiger partial charge in [0.05, 0.1) is 6.61 Å². The van der Waals surface area contributed by atoms with E-state index in [2.05, 4.69) is 4.98 Å². The van der Waals surface area contributed by atoms with Gasteiger partial charge in [-0.3, -0.25) is 9.36 Å². The Kier molecular flexibility index (Phi) is 4.93. The van der Waals surface area contributed by atoms with E-state index >= 15 is 0 Å². The van der Waals surface area contributed by atoms with Crippen LogP contribution in [0.25, 0.3) is 0 Å². The number of benzene rings is 1. The summed E-state index contributed by atoms with van der Waals surface area (Å²) in [6.45, 7) is 2.74. The van der Waals surface area contributed by atoms with Gasteiger partial charge in [0.2, 0.25) is 5.75 Å². The van der Waals surface area contributed by atoms with Crippen LogP contribution in [-0.2, 0) is 24.3 Å². The molecule has 6 heteroatoms. The molecule has 0 fully saturated rings. The predicted octanol–water partition coefficient (Wildman–Crippen LogP) is 2.34. The molecule has 1 aromatic heterocycles. The monoisotopic (exact) mass is 328 g/mol. The lowest BCUT2D eigenvalue weighted by Gasteiger charge is -2.20. The molecule has 1 aliphatic heterocycles. The van der Waals surface area contributed by atoms with E-state index < -0.39 is 5.97 Å². The maximum absolute atomic E-state index is 12.8. The Bertz CT molecular complexity index is 784. The van der Waals surface area contributed by atoms with Crippen LogP contribution >= 0.6 is 0 Å². The SMILES string of the molecule is CCOC(=O)c1nc2n(c(=O)c1OCc1ccccc1)CCCC2. The number of esters is 1. The molecule has 0 radical (unpaired) electrons. The first-order valence-corrected chi connectivity index (χ1v) is 8.18. The molecule has 0 saturated carbocycles. The molecule has 0 amide bonds. The smallest absolute Gasteiger partial charge is 0.361 e. The second-order valence-electron chi connectivity index (χ2n) is 5.61. The Morgan fingerprint density at radius 3 is 2.79 bits per heavy atom. The van der Waals surface area contributed by atoms with Crippen molar-refractivity contribution in [2.24, 2.45) is 0 Å². The average Bonchev–Trinajstić information content (AvgIpc) is 2.62. The predicted molar refractivity (Wildman–Crippen MR) is 88.2 cm³/mol. The molecule has 0 atom stereocenters. The minimum atomic E-state index is -0.619. The number of aromatic nitrogens is 2. The van der Waals surface area contributed by atoms with Gasteiger partial charge in [-0.2, -0.15) is 0 Å². The topological polar surface area (TPSA) is 70.4 Å². The first-order chi connectivity index (χ1) is 11.7. The van der Waals surface area contributed by atoms with Crippen molar-refractivity contribution in [3.63, 3.8) is 0 Å². The summed E-state index contributed by atoms with van der Waals surface area (Å²) in [7, 11) is 0. The summed E-state index contributed by atoms with van der Waals surface area (Å²) in [5.41, 5.74) is 0.582. The van der Waals surface area contributed by atoms with Crippen LogP contribution in [0.2, 0.25) is 0 Å². The highest BCUT2D eigenvalue weighted by atomic mass is 16.5. The van der Waals surface area contributed by atoms with Crippen LogP contribution in [0.15, 0.2) is 35.1 Å². The van der Waals surface area contributed by atoms with E-state index in [4.69, 9.17) is 9.47 Å². The molecule has 6 nitrogen and oxygen atoms in total. The minimum Gasteiger partial charge on any atom is -0.481 e. The summed E-state index contributed by atoms with van der Waals surface area (Å²) in [6, 6.07) is 9.48. The Hall–Kier alpha value is -2.63. The van der Waals surface area contributed by atoms with Gasteiger partial charge in [0.1, 0.15) is 12.4 Å². The van der Waals surface area contributed by atoms with Crippen LogP contribution in [0.3, 0.4) is 0 Å². The molecule has 0 spiro atoms. The Morgan fingerprint density at radius 1 is 1.25 bits per heavy atom. The van der Waals surface area contributed by atoms with Crippen molar-refractivity contribution >= 4 is 5.97 Å². The van der Waals surface area contributed by atoms with Gasteiger partial charge in [0, 0.05) is 13.0 Å². The third kappa shape index (κ3) is 3.32. The summed E-state index contributed by atoms with van der Waals surface area (Å²) in [5.74, 6) is -0.0176. The number of hydrogen-bond acceptors (Lipinski definition) is 5. The zero-order chi connectivity index (χ0) is 16.9. The number of aryl methyl sites for hydroxylation is 1. The van der Waals surface area contributed by atoms with E-state index in [0.717, 1.165) is 18.4 Å². The van der Waals surface area contributed by atoms with E-state index in [1.807, 2.05) is 30.3 Å². The highest BCUT2D eigenvalue weighted by Crippen LogP contribution is 2.19. The van der Waals surface area contributed by atoms with Crippen LogP contribution in [0.1, 0.15) is 41.6 Å². The number of fused-ring (bicyclic) bond motifs is 1. The van der Waals surface area contributed by atoms with Gasteiger partial charge in [-0.15, -0.1) is 0 Å². The molecule has 1 aromatic carbocycles. The summed E-state index contributed by atoms with van der Waals surface area (Å²) < 4.78 is 12.3. The summed E-state index contributed by atoms with van der Waals surface area (Å²) >= 11 is 0. The second-order valence-corrected chi connectivity index (χ2v) is 5.61.